The third kappa shape index (κ3) is 1.47. The molecular weight excluding hydrogens is 264 g/mol. The van der Waals surface area contributed by atoms with Gasteiger partial charge in [-0.25, -0.2) is 4.98 Å². The third-order valence-corrected chi connectivity index (χ3v) is 3.59. The molecular formula is C11H6N6OS. The first-order valence-electron chi connectivity index (χ1n) is 5.45. The van der Waals surface area contributed by atoms with E-state index in [-0.39, 0.29) is 5.56 Å². The predicted octanol–water partition coefficient (Wildman–Crippen LogP) is 1.09. The van der Waals surface area contributed by atoms with Gasteiger partial charge in [0.1, 0.15) is 5.65 Å². The molecule has 7 nitrogen and oxygen atoms in total. The fourth-order valence-corrected chi connectivity index (χ4v) is 2.69. The van der Waals surface area contributed by atoms with E-state index in [1.165, 1.54) is 15.7 Å². The Balaban J connectivity index is 2.10. The van der Waals surface area contributed by atoms with Crippen LogP contribution < -0.4 is 5.56 Å². The molecule has 4 aromatic heterocycles. The van der Waals surface area contributed by atoms with Gasteiger partial charge in [-0.2, -0.15) is 5.21 Å². The fraction of sp³-hybridized carbons (Fsp3) is 0. The second-order valence-electron chi connectivity index (χ2n) is 3.97. The highest BCUT2D eigenvalue weighted by molar-refractivity contribution is 7.09. The zero-order valence-corrected chi connectivity index (χ0v) is 10.3. The van der Waals surface area contributed by atoms with Crippen molar-refractivity contribution in [3.8, 4) is 11.4 Å². The topological polar surface area (TPSA) is 88.8 Å². The van der Waals surface area contributed by atoms with E-state index in [4.69, 9.17) is 0 Å². The lowest BCUT2D eigenvalue weighted by molar-refractivity contribution is 0.881. The van der Waals surface area contributed by atoms with Crippen LogP contribution in [0.2, 0.25) is 0 Å². The molecule has 0 aliphatic carbocycles. The first kappa shape index (κ1) is 10.3. The van der Waals surface area contributed by atoms with Gasteiger partial charge in [0.15, 0.2) is 0 Å². The summed E-state index contributed by atoms with van der Waals surface area (Å²) in [7, 11) is 0. The van der Waals surface area contributed by atoms with Gasteiger partial charge in [-0.3, -0.25) is 9.20 Å². The Morgan fingerprint density at radius 3 is 3.05 bits per heavy atom. The molecule has 0 atom stereocenters. The molecule has 0 aromatic carbocycles. The second kappa shape index (κ2) is 3.69. The number of fused-ring (bicyclic) bond motifs is 2. The van der Waals surface area contributed by atoms with Gasteiger partial charge in [0.2, 0.25) is 5.82 Å². The van der Waals surface area contributed by atoms with Crippen LogP contribution in [0.5, 0.6) is 0 Å². The van der Waals surface area contributed by atoms with Crippen LogP contribution in [0.3, 0.4) is 0 Å². The summed E-state index contributed by atoms with van der Waals surface area (Å²) in [6, 6.07) is 3.58. The first-order valence-corrected chi connectivity index (χ1v) is 6.39. The van der Waals surface area contributed by atoms with Crippen molar-refractivity contribution in [1.82, 2.24) is 30.0 Å². The summed E-state index contributed by atoms with van der Waals surface area (Å²) >= 11 is 1.46. The Labute approximate surface area is 109 Å². The monoisotopic (exact) mass is 270 g/mol. The third-order valence-electron chi connectivity index (χ3n) is 2.86. The molecule has 0 aliphatic rings. The maximum atomic E-state index is 12.3. The van der Waals surface area contributed by atoms with Crippen molar-refractivity contribution in [3.05, 3.63) is 39.4 Å². The number of rotatable bonds is 1. The molecule has 0 bridgehead atoms. The van der Waals surface area contributed by atoms with E-state index in [0.717, 1.165) is 5.52 Å². The standard InChI is InChI=1S/C11H6N6OS/c18-11-7-4-19-5-8(7)12-9-2-1-6(3-17(9)11)10-13-15-16-14-10/h1-5H,(H,13,14,15,16). The molecule has 0 saturated carbocycles. The highest BCUT2D eigenvalue weighted by Crippen LogP contribution is 2.17. The summed E-state index contributed by atoms with van der Waals surface area (Å²) in [4.78, 5) is 16.8. The van der Waals surface area contributed by atoms with E-state index < -0.39 is 0 Å². The van der Waals surface area contributed by atoms with E-state index in [9.17, 15) is 4.79 Å². The molecule has 1 N–H and O–H groups in total. The average molecular weight is 270 g/mol. The first-order chi connectivity index (χ1) is 9.33. The zero-order chi connectivity index (χ0) is 12.8. The van der Waals surface area contributed by atoms with Crippen molar-refractivity contribution in [2.45, 2.75) is 0 Å². The number of tetrazole rings is 1. The molecule has 8 heteroatoms. The van der Waals surface area contributed by atoms with E-state index in [2.05, 4.69) is 25.6 Å². The van der Waals surface area contributed by atoms with E-state index in [1.54, 1.807) is 17.6 Å². The van der Waals surface area contributed by atoms with Crippen LogP contribution in [-0.2, 0) is 0 Å². The Morgan fingerprint density at radius 1 is 1.26 bits per heavy atom. The van der Waals surface area contributed by atoms with Gasteiger partial charge in [-0.05, 0) is 17.3 Å². The molecule has 19 heavy (non-hydrogen) atoms. The molecule has 0 fully saturated rings. The lowest BCUT2D eigenvalue weighted by atomic mass is 10.2. The Hall–Kier alpha value is -2.61. The normalized spacial score (nSPS) is 11.4. The Morgan fingerprint density at radius 2 is 2.21 bits per heavy atom. The summed E-state index contributed by atoms with van der Waals surface area (Å²) in [5, 5.41) is 18.0. The maximum Gasteiger partial charge on any atom is 0.266 e. The van der Waals surface area contributed by atoms with Gasteiger partial charge in [-0.1, -0.05) is 0 Å². The van der Waals surface area contributed by atoms with Crippen LogP contribution in [0.15, 0.2) is 33.9 Å². The summed E-state index contributed by atoms with van der Waals surface area (Å²) < 4.78 is 1.50. The van der Waals surface area contributed by atoms with Crippen LogP contribution in [-0.4, -0.2) is 30.0 Å². The average Bonchev–Trinajstić information content (AvgIpc) is 3.09. The molecule has 0 unspecified atom stereocenters. The predicted molar refractivity (Wildman–Crippen MR) is 70.0 cm³/mol. The molecule has 0 radical (unpaired) electrons. The van der Waals surface area contributed by atoms with Crippen molar-refractivity contribution in [2.24, 2.45) is 0 Å². The molecule has 4 rings (SSSR count). The fourth-order valence-electron chi connectivity index (χ4n) is 1.95. The van der Waals surface area contributed by atoms with Crippen molar-refractivity contribution in [3.63, 3.8) is 0 Å². The van der Waals surface area contributed by atoms with Gasteiger partial charge in [0.05, 0.1) is 10.9 Å². The lowest BCUT2D eigenvalue weighted by Crippen LogP contribution is -2.14. The molecule has 4 aromatic rings. The van der Waals surface area contributed by atoms with Crippen LogP contribution in [0, 0.1) is 0 Å². The minimum Gasteiger partial charge on any atom is -0.268 e. The number of pyridine rings is 1. The van der Waals surface area contributed by atoms with Gasteiger partial charge in [-0.15, -0.1) is 21.5 Å². The quantitative estimate of drug-likeness (QED) is 0.559. The van der Waals surface area contributed by atoms with Gasteiger partial charge < -0.3 is 0 Å². The maximum absolute atomic E-state index is 12.3. The van der Waals surface area contributed by atoms with Crippen molar-refractivity contribution >= 4 is 27.9 Å². The zero-order valence-electron chi connectivity index (χ0n) is 9.44. The molecule has 92 valence electrons. The summed E-state index contributed by atoms with van der Waals surface area (Å²) in [6.07, 6.45) is 1.67. The van der Waals surface area contributed by atoms with Crippen molar-refractivity contribution in [1.29, 1.82) is 0 Å². The van der Waals surface area contributed by atoms with Crippen LogP contribution in [0.25, 0.3) is 27.9 Å². The second-order valence-corrected chi connectivity index (χ2v) is 4.71. The summed E-state index contributed by atoms with van der Waals surface area (Å²) in [6.45, 7) is 0. The van der Waals surface area contributed by atoms with E-state index >= 15 is 0 Å². The van der Waals surface area contributed by atoms with E-state index in [0.29, 0.717) is 22.4 Å². The van der Waals surface area contributed by atoms with Gasteiger partial charge >= 0.3 is 0 Å². The minimum absolute atomic E-state index is 0.0911. The number of hydrogen-bond donors (Lipinski definition) is 1. The van der Waals surface area contributed by atoms with Crippen molar-refractivity contribution < 1.29 is 0 Å². The van der Waals surface area contributed by atoms with Crippen LogP contribution >= 0.6 is 11.3 Å². The molecule has 0 amide bonds. The SMILES string of the molecule is O=c1c2cscc2nc2ccc(-c3nn[nH]n3)cn12. The van der Waals surface area contributed by atoms with E-state index in [1.807, 2.05) is 11.4 Å². The minimum atomic E-state index is -0.0911. The highest BCUT2D eigenvalue weighted by Gasteiger charge is 2.09. The van der Waals surface area contributed by atoms with Crippen LogP contribution in [0.4, 0.5) is 0 Å². The number of hydrogen-bond acceptors (Lipinski definition) is 6. The summed E-state index contributed by atoms with van der Waals surface area (Å²) in [5.41, 5.74) is 1.94. The number of nitrogens with one attached hydrogen (secondary N) is 1. The van der Waals surface area contributed by atoms with Crippen molar-refractivity contribution in [2.75, 3.05) is 0 Å². The smallest absolute Gasteiger partial charge is 0.266 e. The summed E-state index contributed by atoms with van der Waals surface area (Å²) in [5.74, 6) is 0.444. The molecule has 0 spiro atoms. The number of aromatic amines is 1. The Kier molecular flexibility index (Phi) is 2.00. The number of H-pyrrole nitrogens is 1. The lowest BCUT2D eigenvalue weighted by Gasteiger charge is -2.02. The molecule has 0 saturated heterocycles. The van der Waals surface area contributed by atoms with Gasteiger partial charge in [0, 0.05) is 22.5 Å². The number of thiophene rings is 1. The molecule has 0 aliphatic heterocycles. The molecule has 4 heterocycles. The number of aromatic nitrogens is 6. The van der Waals surface area contributed by atoms with Crippen LogP contribution in [0.1, 0.15) is 0 Å². The largest absolute Gasteiger partial charge is 0.268 e. The Bertz CT molecular complexity index is 939. The highest BCUT2D eigenvalue weighted by atomic mass is 32.1. The number of nitrogens with zero attached hydrogens (tertiary/aromatic N) is 5. The van der Waals surface area contributed by atoms with Gasteiger partial charge in [0.25, 0.3) is 5.56 Å².